The number of fused-ring (bicyclic) bond motifs is 3. The fourth-order valence-corrected chi connectivity index (χ4v) is 5.54. The van der Waals surface area contributed by atoms with Crippen LogP contribution >= 0.6 is 0 Å². The standard InChI is InChI=1S/C24H21FN4O3S/c1-15-5-9-18(10-6-15)33(31,32)28-13-11-20-22(19-4-3-12-26-23(19)28)27-29(24(20)30)21-14-17(25)8-7-16(21)2/h3-10,12,14,27H,11,13H2,1-2H3. The monoisotopic (exact) mass is 464 g/mol. The van der Waals surface area contributed by atoms with E-state index in [-0.39, 0.29) is 29.2 Å². The molecule has 7 nitrogen and oxygen atoms in total. The van der Waals surface area contributed by atoms with Crippen molar-refractivity contribution in [2.24, 2.45) is 0 Å². The number of pyridine rings is 1. The highest BCUT2D eigenvalue weighted by molar-refractivity contribution is 7.92. The molecule has 4 aromatic rings. The first-order chi connectivity index (χ1) is 15.8. The van der Waals surface area contributed by atoms with Gasteiger partial charge in [-0.05, 0) is 62.2 Å². The molecule has 0 saturated heterocycles. The molecule has 9 heteroatoms. The molecule has 0 bridgehead atoms. The van der Waals surface area contributed by atoms with E-state index < -0.39 is 15.8 Å². The van der Waals surface area contributed by atoms with Crippen molar-refractivity contribution < 1.29 is 12.8 Å². The van der Waals surface area contributed by atoms with Gasteiger partial charge in [-0.1, -0.05) is 23.8 Å². The Morgan fingerprint density at radius 1 is 1.06 bits per heavy atom. The lowest BCUT2D eigenvalue weighted by atomic mass is 10.1. The molecule has 1 aliphatic heterocycles. The van der Waals surface area contributed by atoms with Crippen molar-refractivity contribution in [3.05, 3.63) is 93.7 Å². The smallest absolute Gasteiger partial charge is 0.275 e. The number of halogens is 1. The van der Waals surface area contributed by atoms with Gasteiger partial charge in [-0.3, -0.25) is 9.89 Å². The van der Waals surface area contributed by atoms with E-state index >= 15 is 0 Å². The Kier molecular flexibility index (Phi) is 4.93. The summed E-state index contributed by atoms with van der Waals surface area (Å²) in [6, 6.07) is 14.3. The van der Waals surface area contributed by atoms with Gasteiger partial charge in [-0.15, -0.1) is 0 Å². The van der Waals surface area contributed by atoms with Crippen LogP contribution in [0, 0.1) is 19.7 Å². The summed E-state index contributed by atoms with van der Waals surface area (Å²) in [7, 11) is -3.90. The van der Waals surface area contributed by atoms with E-state index in [1.807, 2.05) is 6.92 Å². The maximum absolute atomic E-state index is 13.9. The highest BCUT2D eigenvalue weighted by Gasteiger charge is 2.33. The number of nitrogens with one attached hydrogen (secondary N) is 1. The van der Waals surface area contributed by atoms with E-state index in [1.165, 1.54) is 27.3 Å². The van der Waals surface area contributed by atoms with E-state index in [4.69, 9.17) is 0 Å². The van der Waals surface area contributed by atoms with Crippen LogP contribution in [0.4, 0.5) is 10.2 Å². The van der Waals surface area contributed by atoms with E-state index in [0.717, 1.165) is 11.1 Å². The summed E-state index contributed by atoms with van der Waals surface area (Å²) in [5, 5.41) is 3.08. The minimum absolute atomic E-state index is 0.0441. The van der Waals surface area contributed by atoms with Gasteiger partial charge in [0.2, 0.25) is 0 Å². The predicted molar refractivity (Wildman–Crippen MR) is 124 cm³/mol. The second-order valence-corrected chi connectivity index (χ2v) is 9.91. The van der Waals surface area contributed by atoms with E-state index in [9.17, 15) is 17.6 Å². The summed E-state index contributed by atoms with van der Waals surface area (Å²) in [6.07, 6.45) is 1.70. The first-order valence-electron chi connectivity index (χ1n) is 10.4. The summed E-state index contributed by atoms with van der Waals surface area (Å²) in [5.41, 5.74) is 3.13. The number of anilines is 1. The van der Waals surface area contributed by atoms with Gasteiger partial charge in [0.05, 0.1) is 16.3 Å². The molecular weight excluding hydrogens is 443 g/mol. The van der Waals surface area contributed by atoms with Crippen molar-refractivity contribution in [1.29, 1.82) is 0 Å². The minimum atomic E-state index is -3.90. The minimum Gasteiger partial charge on any atom is -0.290 e. The number of aromatic amines is 1. The van der Waals surface area contributed by atoms with Crippen LogP contribution < -0.4 is 9.86 Å². The number of aromatic nitrogens is 3. The Labute approximate surface area is 190 Å². The van der Waals surface area contributed by atoms with Crippen LogP contribution in [-0.4, -0.2) is 29.7 Å². The van der Waals surface area contributed by atoms with Crippen LogP contribution in [0.15, 0.2) is 70.5 Å². The number of rotatable bonds is 3. The second kappa shape index (κ2) is 7.70. The van der Waals surface area contributed by atoms with Gasteiger partial charge in [0.15, 0.2) is 5.82 Å². The van der Waals surface area contributed by atoms with Crippen LogP contribution in [0.3, 0.4) is 0 Å². The molecule has 5 rings (SSSR count). The van der Waals surface area contributed by atoms with Crippen LogP contribution in [0.5, 0.6) is 0 Å². The Bertz CT molecular complexity index is 1540. The van der Waals surface area contributed by atoms with Crippen molar-refractivity contribution in [2.45, 2.75) is 25.2 Å². The normalized spacial score (nSPS) is 13.4. The van der Waals surface area contributed by atoms with Gasteiger partial charge in [-0.25, -0.2) is 26.8 Å². The highest BCUT2D eigenvalue weighted by Crippen LogP contribution is 2.36. The molecule has 2 aromatic carbocycles. The van der Waals surface area contributed by atoms with Crippen molar-refractivity contribution >= 4 is 15.8 Å². The van der Waals surface area contributed by atoms with Gasteiger partial charge in [0, 0.05) is 23.9 Å². The van der Waals surface area contributed by atoms with E-state index in [0.29, 0.717) is 22.5 Å². The molecule has 3 heterocycles. The summed E-state index contributed by atoms with van der Waals surface area (Å²) >= 11 is 0. The number of nitrogens with zero attached hydrogens (tertiary/aromatic N) is 3. The van der Waals surface area contributed by atoms with Crippen LogP contribution in [0.2, 0.25) is 0 Å². The van der Waals surface area contributed by atoms with Gasteiger partial charge >= 0.3 is 0 Å². The third-order valence-corrected chi connectivity index (χ3v) is 7.67. The van der Waals surface area contributed by atoms with Crippen molar-refractivity contribution in [1.82, 2.24) is 14.8 Å². The fourth-order valence-electron chi connectivity index (χ4n) is 4.10. The molecular formula is C24H21FN4O3S. The lowest BCUT2D eigenvalue weighted by Gasteiger charge is -2.23. The number of hydrogen-bond donors (Lipinski definition) is 1. The second-order valence-electron chi connectivity index (χ2n) is 8.05. The SMILES string of the molecule is Cc1ccc(S(=O)(=O)N2CCc3c([nH]n(-c4cc(F)ccc4C)c3=O)-c3cccnc32)cc1. The molecule has 0 saturated carbocycles. The Morgan fingerprint density at radius 2 is 1.82 bits per heavy atom. The summed E-state index contributed by atoms with van der Waals surface area (Å²) in [6.45, 7) is 3.72. The molecule has 33 heavy (non-hydrogen) atoms. The lowest BCUT2D eigenvalue weighted by molar-refractivity contribution is 0.590. The molecule has 0 atom stereocenters. The molecule has 0 fully saturated rings. The molecule has 0 radical (unpaired) electrons. The Morgan fingerprint density at radius 3 is 2.58 bits per heavy atom. The molecule has 0 spiro atoms. The zero-order valence-electron chi connectivity index (χ0n) is 18.0. The summed E-state index contributed by atoms with van der Waals surface area (Å²) in [5.74, 6) is -0.217. The van der Waals surface area contributed by atoms with Crippen LogP contribution in [0.25, 0.3) is 16.9 Å². The topological polar surface area (TPSA) is 88.1 Å². The highest BCUT2D eigenvalue weighted by atomic mass is 32.2. The summed E-state index contributed by atoms with van der Waals surface area (Å²) < 4.78 is 43.5. The van der Waals surface area contributed by atoms with Crippen molar-refractivity contribution in [2.75, 3.05) is 10.8 Å². The Hall–Kier alpha value is -3.72. The number of hydrogen-bond acceptors (Lipinski definition) is 4. The number of H-pyrrole nitrogens is 1. The molecule has 2 aromatic heterocycles. The third-order valence-electron chi connectivity index (χ3n) is 5.86. The van der Waals surface area contributed by atoms with Gasteiger partial charge in [-0.2, -0.15) is 0 Å². The third kappa shape index (κ3) is 3.45. The zero-order chi connectivity index (χ0) is 23.3. The molecule has 1 N–H and O–H groups in total. The number of benzene rings is 2. The number of sulfonamides is 1. The maximum atomic E-state index is 13.9. The summed E-state index contributed by atoms with van der Waals surface area (Å²) in [4.78, 5) is 17.8. The maximum Gasteiger partial charge on any atom is 0.275 e. The van der Waals surface area contributed by atoms with Gasteiger partial charge < -0.3 is 0 Å². The van der Waals surface area contributed by atoms with Crippen molar-refractivity contribution in [3.63, 3.8) is 0 Å². The largest absolute Gasteiger partial charge is 0.290 e. The molecule has 0 aliphatic carbocycles. The van der Waals surface area contributed by atoms with Gasteiger partial charge in [0.25, 0.3) is 15.6 Å². The zero-order valence-corrected chi connectivity index (χ0v) is 18.9. The van der Waals surface area contributed by atoms with Crippen molar-refractivity contribution in [3.8, 4) is 16.9 Å². The number of aryl methyl sites for hydroxylation is 2. The van der Waals surface area contributed by atoms with E-state index in [2.05, 4.69) is 10.1 Å². The quantitative estimate of drug-likeness (QED) is 0.500. The fraction of sp³-hybridized carbons (Fsp3) is 0.167. The lowest BCUT2D eigenvalue weighted by Crippen LogP contribution is -2.34. The first kappa shape index (κ1) is 21.1. The first-order valence-corrected chi connectivity index (χ1v) is 11.9. The van der Waals surface area contributed by atoms with Gasteiger partial charge in [0.1, 0.15) is 5.82 Å². The molecule has 0 unspecified atom stereocenters. The molecule has 0 amide bonds. The molecule has 168 valence electrons. The Balaban J connectivity index is 1.68. The van der Waals surface area contributed by atoms with Crippen LogP contribution in [0.1, 0.15) is 16.7 Å². The molecule has 1 aliphatic rings. The predicted octanol–water partition coefficient (Wildman–Crippen LogP) is 3.73. The average Bonchev–Trinajstić information content (AvgIpc) is 3.02. The van der Waals surface area contributed by atoms with Crippen LogP contribution in [-0.2, 0) is 16.4 Å². The van der Waals surface area contributed by atoms with E-state index in [1.54, 1.807) is 49.4 Å². The average molecular weight is 465 g/mol.